The van der Waals surface area contributed by atoms with Gasteiger partial charge < -0.3 is 5.32 Å². The van der Waals surface area contributed by atoms with Crippen LogP contribution in [0.25, 0.3) is 0 Å². The monoisotopic (exact) mass is 469 g/mol. The molecule has 1 saturated carbocycles. The van der Waals surface area contributed by atoms with Crippen molar-refractivity contribution in [2.24, 2.45) is 0 Å². The quantitative estimate of drug-likeness (QED) is 0.286. The molecule has 1 aromatic carbocycles. The van der Waals surface area contributed by atoms with Gasteiger partial charge in [-0.3, -0.25) is 0 Å². The molecule has 0 bridgehead atoms. The second-order valence-electron chi connectivity index (χ2n) is 6.95. The van der Waals surface area contributed by atoms with E-state index in [9.17, 15) is 0 Å². The first-order valence-corrected chi connectivity index (χ1v) is 13.1. The molecule has 3 heterocycles. The molecule has 0 aliphatic heterocycles. The van der Waals surface area contributed by atoms with Crippen molar-refractivity contribution >= 4 is 57.1 Å². The SMILES string of the molecule is Cc1csc(Nc2ncc(SCc3nnc(C4CC4)s3)cc2Sc2ccccc2)n1. The van der Waals surface area contributed by atoms with Crippen molar-refractivity contribution in [3.63, 3.8) is 0 Å². The van der Waals surface area contributed by atoms with Crippen LogP contribution in [0.15, 0.2) is 62.7 Å². The van der Waals surface area contributed by atoms with Gasteiger partial charge in [-0.1, -0.05) is 30.0 Å². The van der Waals surface area contributed by atoms with E-state index in [2.05, 4.69) is 50.8 Å². The van der Waals surface area contributed by atoms with Gasteiger partial charge >= 0.3 is 0 Å². The molecule has 9 heteroatoms. The predicted octanol–water partition coefficient (Wildman–Crippen LogP) is 6.76. The number of nitrogens with one attached hydrogen (secondary N) is 1. The molecule has 0 atom stereocenters. The number of benzene rings is 1. The first-order chi connectivity index (χ1) is 14.7. The zero-order chi connectivity index (χ0) is 20.3. The van der Waals surface area contributed by atoms with Crippen molar-refractivity contribution in [2.75, 3.05) is 5.32 Å². The van der Waals surface area contributed by atoms with Crippen LogP contribution in [-0.4, -0.2) is 20.2 Å². The molecule has 3 aromatic heterocycles. The number of hydrogen-bond acceptors (Lipinski definition) is 9. The van der Waals surface area contributed by atoms with Crippen LogP contribution in [0.5, 0.6) is 0 Å². The third-order valence-electron chi connectivity index (χ3n) is 4.41. The number of rotatable bonds is 8. The maximum atomic E-state index is 4.72. The fourth-order valence-electron chi connectivity index (χ4n) is 2.77. The van der Waals surface area contributed by atoms with Gasteiger partial charge in [0.15, 0.2) is 5.13 Å². The summed E-state index contributed by atoms with van der Waals surface area (Å²) in [7, 11) is 0. The first kappa shape index (κ1) is 20.0. The van der Waals surface area contributed by atoms with Crippen molar-refractivity contribution in [2.45, 2.75) is 46.1 Å². The summed E-state index contributed by atoms with van der Waals surface area (Å²) >= 11 is 6.80. The van der Waals surface area contributed by atoms with Gasteiger partial charge in [0.05, 0.1) is 16.3 Å². The Morgan fingerprint density at radius 2 is 2.00 bits per heavy atom. The van der Waals surface area contributed by atoms with Gasteiger partial charge in [0, 0.05) is 27.3 Å². The van der Waals surface area contributed by atoms with Crippen LogP contribution < -0.4 is 5.32 Å². The highest BCUT2D eigenvalue weighted by Crippen LogP contribution is 2.42. The topological polar surface area (TPSA) is 63.6 Å². The average molecular weight is 470 g/mol. The average Bonchev–Trinajstić information content (AvgIpc) is 3.36. The summed E-state index contributed by atoms with van der Waals surface area (Å²) in [6, 6.07) is 12.6. The van der Waals surface area contributed by atoms with E-state index in [1.165, 1.54) is 22.7 Å². The number of hydrogen-bond donors (Lipinski definition) is 1. The summed E-state index contributed by atoms with van der Waals surface area (Å²) in [5.74, 6) is 2.31. The third-order valence-corrected chi connectivity index (χ3v) is 8.57. The van der Waals surface area contributed by atoms with Gasteiger partial charge in [-0.05, 0) is 38.0 Å². The molecule has 30 heavy (non-hydrogen) atoms. The molecule has 0 spiro atoms. The Labute approximate surface area is 191 Å². The lowest BCUT2D eigenvalue weighted by atomic mass is 10.4. The molecular formula is C21H19N5S4. The Hall–Kier alpha value is -1.94. The standard InChI is InChI=1S/C21H19N5S4/c1-13-11-28-21(23-13)24-19-17(29-15-5-3-2-4-6-15)9-16(10-22-19)27-12-18-25-26-20(30-18)14-7-8-14/h2-6,9-11,14H,7-8,12H2,1H3,(H,22,23,24). The summed E-state index contributed by atoms with van der Waals surface area (Å²) in [4.78, 5) is 12.6. The molecule has 5 nitrogen and oxygen atoms in total. The lowest BCUT2D eigenvalue weighted by Gasteiger charge is -2.11. The van der Waals surface area contributed by atoms with Crippen LogP contribution in [0.2, 0.25) is 0 Å². The minimum atomic E-state index is 0.664. The largest absolute Gasteiger partial charge is 0.315 e. The van der Waals surface area contributed by atoms with Gasteiger partial charge in [0.25, 0.3) is 0 Å². The molecule has 152 valence electrons. The molecule has 0 radical (unpaired) electrons. The minimum absolute atomic E-state index is 0.664. The van der Waals surface area contributed by atoms with E-state index in [4.69, 9.17) is 4.98 Å². The maximum Gasteiger partial charge on any atom is 0.188 e. The van der Waals surface area contributed by atoms with E-state index in [0.717, 1.165) is 37.2 Å². The van der Waals surface area contributed by atoms with E-state index < -0.39 is 0 Å². The highest BCUT2D eigenvalue weighted by Gasteiger charge is 2.27. The molecule has 5 rings (SSSR count). The lowest BCUT2D eigenvalue weighted by Crippen LogP contribution is -1.96. The van der Waals surface area contributed by atoms with Crippen LogP contribution in [0.3, 0.4) is 0 Å². The van der Waals surface area contributed by atoms with Gasteiger partial charge in [-0.25, -0.2) is 9.97 Å². The zero-order valence-electron chi connectivity index (χ0n) is 16.2. The Morgan fingerprint density at radius 1 is 1.13 bits per heavy atom. The van der Waals surface area contributed by atoms with Crippen LogP contribution in [0.4, 0.5) is 10.9 Å². The van der Waals surface area contributed by atoms with E-state index in [-0.39, 0.29) is 0 Å². The fraction of sp³-hybridized carbons (Fsp3) is 0.238. The number of aryl methyl sites for hydroxylation is 1. The molecule has 0 saturated heterocycles. The van der Waals surface area contributed by atoms with E-state index in [1.54, 1.807) is 46.2 Å². The number of thiazole rings is 1. The third kappa shape index (κ3) is 5.03. The second kappa shape index (κ2) is 9.05. The number of pyridine rings is 1. The van der Waals surface area contributed by atoms with Gasteiger partial charge in [-0.2, -0.15) is 0 Å². The van der Waals surface area contributed by atoms with Gasteiger partial charge in [0.1, 0.15) is 15.8 Å². The Bertz CT molecular complexity index is 1140. The minimum Gasteiger partial charge on any atom is -0.315 e. The van der Waals surface area contributed by atoms with E-state index >= 15 is 0 Å². The number of thioether (sulfide) groups is 1. The fourth-order valence-corrected chi connectivity index (χ4v) is 6.36. The summed E-state index contributed by atoms with van der Waals surface area (Å²) in [5, 5.41) is 17.3. The van der Waals surface area contributed by atoms with E-state index in [0.29, 0.717) is 5.92 Å². The highest BCUT2D eigenvalue weighted by atomic mass is 32.2. The molecule has 1 fully saturated rings. The highest BCUT2D eigenvalue weighted by molar-refractivity contribution is 8.00. The molecule has 0 unspecified atom stereocenters. The van der Waals surface area contributed by atoms with Gasteiger partial charge in [-0.15, -0.1) is 44.6 Å². The molecular weight excluding hydrogens is 451 g/mol. The number of nitrogens with zero attached hydrogens (tertiary/aromatic N) is 4. The van der Waals surface area contributed by atoms with Crippen molar-refractivity contribution in [3.8, 4) is 0 Å². The molecule has 4 aromatic rings. The predicted molar refractivity (Wildman–Crippen MR) is 126 cm³/mol. The molecule has 1 aliphatic rings. The van der Waals surface area contributed by atoms with Crippen molar-refractivity contribution < 1.29 is 0 Å². The molecule has 1 aliphatic carbocycles. The first-order valence-electron chi connectivity index (χ1n) is 9.60. The van der Waals surface area contributed by atoms with Crippen LogP contribution in [0.1, 0.15) is 34.5 Å². The summed E-state index contributed by atoms with van der Waals surface area (Å²) in [5.41, 5.74) is 1.01. The Morgan fingerprint density at radius 3 is 2.77 bits per heavy atom. The van der Waals surface area contributed by atoms with Crippen molar-refractivity contribution in [3.05, 3.63) is 63.7 Å². The van der Waals surface area contributed by atoms with Crippen LogP contribution >= 0.6 is 46.2 Å². The van der Waals surface area contributed by atoms with Crippen LogP contribution in [0, 0.1) is 6.92 Å². The summed E-state index contributed by atoms with van der Waals surface area (Å²) in [6.07, 6.45) is 4.45. The Balaban J connectivity index is 1.35. The molecule has 1 N–H and O–H groups in total. The summed E-state index contributed by atoms with van der Waals surface area (Å²) < 4.78 is 0. The number of aromatic nitrogens is 4. The van der Waals surface area contributed by atoms with Crippen molar-refractivity contribution in [1.82, 2.24) is 20.2 Å². The van der Waals surface area contributed by atoms with Crippen molar-refractivity contribution in [1.29, 1.82) is 0 Å². The normalized spacial score (nSPS) is 13.5. The number of anilines is 2. The molecule has 0 amide bonds. The zero-order valence-corrected chi connectivity index (χ0v) is 19.5. The van der Waals surface area contributed by atoms with Gasteiger partial charge in [0.2, 0.25) is 0 Å². The maximum absolute atomic E-state index is 4.72. The van der Waals surface area contributed by atoms with E-state index in [1.807, 2.05) is 24.6 Å². The summed E-state index contributed by atoms with van der Waals surface area (Å²) in [6.45, 7) is 2.00. The van der Waals surface area contributed by atoms with Crippen LogP contribution in [-0.2, 0) is 5.75 Å². The lowest BCUT2D eigenvalue weighted by molar-refractivity contribution is 0.955. The Kier molecular flexibility index (Phi) is 6.03. The second-order valence-corrected chi connectivity index (χ2v) is 11.1. The smallest absolute Gasteiger partial charge is 0.188 e.